The molecule has 0 spiro atoms. The summed E-state index contributed by atoms with van der Waals surface area (Å²) in [6, 6.07) is 20.3. The maximum absolute atomic E-state index is 13.4. The van der Waals surface area contributed by atoms with Crippen molar-refractivity contribution in [2.45, 2.75) is 19.3 Å². The highest BCUT2D eigenvalue weighted by atomic mass is 19.1. The number of aryl methyl sites for hydroxylation is 1. The smallest absolute Gasteiger partial charge is 0.220 e. The van der Waals surface area contributed by atoms with Crippen molar-refractivity contribution in [3.63, 3.8) is 0 Å². The predicted octanol–water partition coefficient (Wildman–Crippen LogP) is 4.91. The molecule has 160 valence electrons. The Bertz CT molecular complexity index is 1350. The van der Waals surface area contributed by atoms with Crippen LogP contribution >= 0.6 is 0 Å². The van der Waals surface area contributed by atoms with E-state index in [2.05, 4.69) is 21.4 Å². The monoisotopic (exact) mass is 426 g/mol. The number of aromatic amines is 1. The zero-order chi connectivity index (χ0) is 21.9. The van der Waals surface area contributed by atoms with Gasteiger partial charge in [-0.15, -0.1) is 0 Å². The van der Waals surface area contributed by atoms with E-state index in [1.54, 1.807) is 12.1 Å². The number of hydrogen-bond donors (Lipinski definition) is 2. The van der Waals surface area contributed by atoms with Crippen LogP contribution in [0, 0.1) is 5.82 Å². The fourth-order valence-corrected chi connectivity index (χ4v) is 4.09. The van der Waals surface area contributed by atoms with Gasteiger partial charge in [-0.25, -0.2) is 9.37 Å². The molecule has 2 aromatic carbocycles. The SMILES string of the molecule is O=C(CCc1c(-c2ccc(F)cc2)[nH]c2ccccc12)NCCc1cn2ccccc2n1. The molecular formula is C26H23FN4O. The summed E-state index contributed by atoms with van der Waals surface area (Å²) in [5.74, 6) is -0.263. The van der Waals surface area contributed by atoms with Gasteiger partial charge in [0.2, 0.25) is 5.91 Å². The standard InChI is InChI=1S/C26H23FN4O/c27-19-10-8-18(9-11-19)26-22(21-5-1-2-6-23(21)30-26)12-13-25(32)28-15-14-20-17-31-16-4-3-7-24(31)29-20/h1-11,16-17,30H,12-15H2,(H,28,32). The summed E-state index contributed by atoms with van der Waals surface area (Å²) in [6.45, 7) is 0.543. The largest absolute Gasteiger partial charge is 0.356 e. The minimum absolute atomic E-state index is 0.00380. The molecule has 32 heavy (non-hydrogen) atoms. The number of fused-ring (bicyclic) bond motifs is 2. The number of H-pyrrole nitrogens is 1. The highest BCUT2D eigenvalue weighted by molar-refractivity contribution is 5.91. The van der Waals surface area contributed by atoms with Gasteiger partial charge in [-0.3, -0.25) is 4.79 Å². The molecule has 3 heterocycles. The van der Waals surface area contributed by atoms with Gasteiger partial charge in [0.1, 0.15) is 11.5 Å². The molecule has 0 saturated carbocycles. The van der Waals surface area contributed by atoms with Gasteiger partial charge in [-0.1, -0.05) is 24.3 Å². The maximum Gasteiger partial charge on any atom is 0.220 e. The number of pyridine rings is 1. The zero-order valence-electron chi connectivity index (χ0n) is 17.5. The molecule has 0 aliphatic heterocycles. The van der Waals surface area contributed by atoms with Crippen LogP contribution in [0.3, 0.4) is 0 Å². The number of nitrogens with zero attached hydrogens (tertiary/aromatic N) is 2. The summed E-state index contributed by atoms with van der Waals surface area (Å²) in [5.41, 5.74) is 5.78. The van der Waals surface area contributed by atoms with Gasteiger partial charge >= 0.3 is 0 Å². The third kappa shape index (κ3) is 4.12. The quantitative estimate of drug-likeness (QED) is 0.388. The number of hydrogen-bond acceptors (Lipinski definition) is 2. The fraction of sp³-hybridized carbons (Fsp3) is 0.154. The molecule has 0 aliphatic carbocycles. The van der Waals surface area contributed by atoms with Gasteiger partial charge in [-0.2, -0.15) is 0 Å². The van der Waals surface area contributed by atoms with E-state index >= 15 is 0 Å². The summed E-state index contributed by atoms with van der Waals surface area (Å²) >= 11 is 0. The molecule has 0 saturated heterocycles. The fourth-order valence-electron chi connectivity index (χ4n) is 4.09. The zero-order valence-corrected chi connectivity index (χ0v) is 17.5. The molecule has 0 atom stereocenters. The predicted molar refractivity (Wildman–Crippen MR) is 124 cm³/mol. The van der Waals surface area contributed by atoms with E-state index in [0.717, 1.165) is 39.1 Å². The lowest BCUT2D eigenvalue weighted by Gasteiger charge is -2.07. The van der Waals surface area contributed by atoms with Crippen LogP contribution in [0.15, 0.2) is 79.1 Å². The number of amides is 1. The number of aromatic nitrogens is 3. The van der Waals surface area contributed by atoms with E-state index in [-0.39, 0.29) is 11.7 Å². The van der Waals surface area contributed by atoms with Crippen molar-refractivity contribution in [3.8, 4) is 11.3 Å². The van der Waals surface area contributed by atoms with Crippen LogP contribution < -0.4 is 5.32 Å². The minimum atomic E-state index is -0.267. The first kappa shape index (κ1) is 20.0. The average Bonchev–Trinajstić information content (AvgIpc) is 3.39. The van der Waals surface area contributed by atoms with Crippen LogP contribution in [0.5, 0.6) is 0 Å². The summed E-state index contributed by atoms with van der Waals surface area (Å²) in [6.07, 6.45) is 5.60. The van der Waals surface area contributed by atoms with Gasteiger partial charge in [0.25, 0.3) is 0 Å². The number of rotatable bonds is 7. The number of nitrogens with one attached hydrogen (secondary N) is 2. The first-order valence-corrected chi connectivity index (χ1v) is 10.7. The van der Waals surface area contributed by atoms with Crippen molar-refractivity contribution in [1.29, 1.82) is 0 Å². The van der Waals surface area contributed by atoms with Gasteiger partial charge in [0.15, 0.2) is 0 Å². The van der Waals surface area contributed by atoms with Crippen LogP contribution in [0.25, 0.3) is 27.8 Å². The Hall–Kier alpha value is -3.93. The Morgan fingerprint density at radius 3 is 2.66 bits per heavy atom. The number of carbonyl (C=O) groups is 1. The topological polar surface area (TPSA) is 62.2 Å². The van der Waals surface area contributed by atoms with Gasteiger partial charge < -0.3 is 14.7 Å². The molecule has 2 N–H and O–H groups in total. The lowest BCUT2D eigenvalue weighted by atomic mass is 10.0. The normalized spacial score (nSPS) is 11.3. The molecule has 5 nitrogen and oxygen atoms in total. The van der Waals surface area contributed by atoms with Gasteiger partial charge in [0, 0.05) is 48.4 Å². The summed E-state index contributed by atoms with van der Waals surface area (Å²) in [5, 5.41) is 4.09. The second kappa shape index (κ2) is 8.67. The van der Waals surface area contributed by atoms with E-state index in [9.17, 15) is 9.18 Å². The molecule has 5 rings (SSSR count). The number of halogens is 1. The molecule has 0 unspecified atom stereocenters. The van der Waals surface area contributed by atoms with Crippen molar-refractivity contribution in [3.05, 3.63) is 96.2 Å². The molecule has 0 radical (unpaired) electrons. The number of imidazole rings is 1. The van der Waals surface area contributed by atoms with E-state index in [0.29, 0.717) is 25.8 Å². The van der Waals surface area contributed by atoms with E-state index in [4.69, 9.17) is 0 Å². The Morgan fingerprint density at radius 1 is 1.00 bits per heavy atom. The van der Waals surface area contributed by atoms with Crippen LogP contribution in [-0.2, 0) is 17.6 Å². The van der Waals surface area contributed by atoms with Crippen molar-refractivity contribution in [1.82, 2.24) is 19.7 Å². The summed E-state index contributed by atoms with van der Waals surface area (Å²) < 4.78 is 15.4. The second-order valence-corrected chi connectivity index (χ2v) is 7.83. The molecular weight excluding hydrogens is 403 g/mol. The number of benzene rings is 2. The lowest BCUT2D eigenvalue weighted by Crippen LogP contribution is -2.26. The van der Waals surface area contributed by atoms with Crippen LogP contribution in [0.4, 0.5) is 4.39 Å². The summed E-state index contributed by atoms with van der Waals surface area (Å²) in [4.78, 5) is 20.5. The Morgan fingerprint density at radius 2 is 1.81 bits per heavy atom. The maximum atomic E-state index is 13.4. The van der Waals surface area contributed by atoms with Crippen molar-refractivity contribution < 1.29 is 9.18 Å². The Kier molecular flexibility index (Phi) is 5.42. The molecule has 5 aromatic rings. The van der Waals surface area contributed by atoms with Crippen LogP contribution in [-0.4, -0.2) is 26.8 Å². The van der Waals surface area contributed by atoms with Gasteiger partial charge in [0.05, 0.1) is 5.69 Å². The van der Waals surface area contributed by atoms with Crippen molar-refractivity contribution in [2.75, 3.05) is 6.54 Å². The number of para-hydroxylation sites is 1. The van der Waals surface area contributed by atoms with Crippen LogP contribution in [0.2, 0.25) is 0 Å². The third-order valence-corrected chi connectivity index (χ3v) is 5.67. The molecule has 6 heteroatoms. The molecule has 3 aromatic heterocycles. The van der Waals surface area contributed by atoms with Crippen molar-refractivity contribution >= 4 is 22.5 Å². The Labute approximate surface area is 184 Å². The first-order chi connectivity index (χ1) is 15.7. The number of carbonyl (C=O) groups excluding carboxylic acids is 1. The van der Waals surface area contributed by atoms with Gasteiger partial charge in [-0.05, 0) is 60.0 Å². The molecule has 0 fully saturated rings. The van der Waals surface area contributed by atoms with Crippen LogP contribution in [0.1, 0.15) is 17.7 Å². The third-order valence-electron chi connectivity index (χ3n) is 5.67. The summed E-state index contributed by atoms with van der Waals surface area (Å²) in [7, 11) is 0. The average molecular weight is 426 g/mol. The highest BCUT2D eigenvalue weighted by Crippen LogP contribution is 2.31. The first-order valence-electron chi connectivity index (χ1n) is 10.7. The van der Waals surface area contributed by atoms with E-state index in [1.165, 1.54) is 12.1 Å². The molecule has 0 aliphatic rings. The van der Waals surface area contributed by atoms with Crippen molar-refractivity contribution in [2.24, 2.45) is 0 Å². The minimum Gasteiger partial charge on any atom is -0.356 e. The Balaban J connectivity index is 1.25. The van der Waals surface area contributed by atoms with E-state index < -0.39 is 0 Å². The lowest BCUT2D eigenvalue weighted by molar-refractivity contribution is -0.121. The molecule has 0 bridgehead atoms. The molecule has 1 amide bonds. The van der Waals surface area contributed by atoms with E-state index in [1.807, 2.05) is 53.2 Å². The highest BCUT2D eigenvalue weighted by Gasteiger charge is 2.14. The second-order valence-electron chi connectivity index (χ2n) is 7.83.